The van der Waals surface area contributed by atoms with Crippen molar-refractivity contribution < 1.29 is 4.74 Å². The number of nitrogens with one attached hydrogen (secondary N) is 1. The summed E-state index contributed by atoms with van der Waals surface area (Å²) in [6.45, 7) is 2.75. The van der Waals surface area contributed by atoms with Crippen LogP contribution in [-0.4, -0.2) is 41.8 Å². The van der Waals surface area contributed by atoms with Gasteiger partial charge in [0.15, 0.2) is 0 Å². The molecule has 0 atom stereocenters. The monoisotopic (exact) mass is 224 g/mol. The molecule has 2 rings (SSSR count). The van der Waals surface area contributed by atoms with Crippen LogP contribution in [0.4, 0.5) is 0 Å². The standard InChI is InChI=1S/C11H20N4O/c1-12-9-11(3-5-16-6-4-11)7-10-8-15(2)14-13-10/h8,12H,3-7,9H2,1-2H3. The molecule has 1 aliphatic heterocycles. The van der Waals surface area contributed by atoms with Gasteiger partial charge < -0.3 is 10.1 Å². The minimum atomic E-state index is 0.295. The minimum Gasteiger partial charge on any atom is -0.381 e. The van der Waals surface area contributed by atoms with E-state index in [2.05, 4.69) is 15.6 Å². The Morgan fingerprint density at radius 3 is 2.81 bits per heavy atom. The lowest BCUT2D eigenvalue weighted by Gasteiger charge is -2.36. The van der Waals surface area contributed by atoms with Gasteiger partial charge >= 0.3 is 0 Å². The lowest BCUT2D eigenvalue weighted by molar-refractivity contribution is 0.0154. The largest absolute Gasteiger partial charge is 0.381 e. The molecule has 0 saturated carbocycles. The molecule has 90 valence electrons. The van der Waals surface area contributed by atoms with Crippen molar-refractivity contribution in [2.24, 2.45) is 12.5 Å². The Kier molecular flexibility index (Phi) is 3.56. The summed E-state index contributed by atoms with van der Waals surface area (Å²) in [6, 6.07) is 0. The third kappa shape index (κ3) is 2.59. The first-order valence-corrected chi connectivity index (χ1v) is 5.82. The molecule has 0 unspecified atom stereocenters. The average molecular weight is 224 g/mol. The van der Waals surface area contributed by atoms with Crippen LogP contribution in [0.5, 0.6) is 0 Å². The van der Waals surface area contributed by atoms with Crippen molar-refractivity contribution in [3.63, 3.8) is 0 Å². The van der Waals surface area contributed by atoms with Gasteiger partial charge in [-0.2, -0.15) is 0 Å². The van der Waals surface area contributed by atoms with E-state index in [1.54, 1.807) is 4.68 Å². The van der Waals surface area contributed by atoms with Gasteiger partial charge in [0, 0.05) is 39.4 Å². The summed E-state index contributed by atoms with van der Waals surface area (Å²) in [7, 11) is 3.92. The van der Waals surface area contributed by atoms with Crippen molar-refractivity contribution in [2.45, 2.75) is 19.3 Å². The zero-order chi connectivity index (χ0) is 11.4. The topological polar surface area (TPSA) is 52.0 Å². The molecule has 0 spiro atoms. The van der Waals surface area contributed by atoms with Crippen LogP contribution >= 0.6 is 0 Å². The van der Waals surface area contributed by atoms with Crippen LogP contribution in [0.1, 0.15) is 18.5 Å². The van der Waals surface area contributed by atoms with Crippen molar-refractivity contribution in [1.29, 1.82) is 0 Å². The predicted molar refractivity (Wildman–Crippen MR) is 61.1 cm³/mol. The number of aromatic nitrogens is 3. The smallest absolute Gasteiger partial charge is 0.0833 e. The lowest BCUT2D eigenvalue weighted by Crippen LogP contribution is -2.39. The normalized spacial score (nSPS) is 19.9. The number of rotatable bonds is 4. The van der Waals surface area contributed by atoms with Crippen LogP contribution in [0.3, 0.4) is 0 Å². The lowest BCUT2D eigenvalue weighted by atomic mass is 9.76. The van der Waals surface area contributed by atoms with Gasteiger partial charge in [-0.1, -0.05) is 5.21 Å². The fraction of sp³-hybridized carbons (Fsp3) is 0.818. The number of hydrogen-bond acceptors (Lipinski definition) is 4. The third-order valence-corrected chi connectivity index (χ3v) is 3.31. The molecule has 5 heteroatoms. The SMILES string of the molecule is CNCC1(Cc2cn(C)nn2)CCOCC1. The van der Waals surface area contributed by atoms with Crippen LogP contribution in [-0.2, 0) is 18.2 Å². The molecule has 0 bridgehead atoms. The Morgan fingerprint density at radius 1 is 1.50 bits per heavy atom. The molecule has 5 nitrogen and oxygen atoms in total. The Morgan fingerprint density at radius 2 is 2.25 bits per heavy atom. The molecular weight excluding hydrogens is 204 g/mol. The van der Waals surface area contributed by atoms with E-state index in [-0.39, 0.29) is 0 Å². The second kappa shape index (κ2) is 4.93. The van der Waals surface area contributed by atoms with Gasteiger partial charge in [-0.25, -0.2) is 0 Å². The first kappa shape index (κ1) is 11.5. The quantitative estimate of drug-likeness (QED) is 0.803. The molecule has 2 heterocycles. The number of ether oxygens (including phenoxy) is 1. The highest BCUT2D eigenvalue weighted by Gasteiger charge is 2.32. The van der Waals surface area contributed by atoms with Gasteiger partial charge in [0.2, 0.25) is 0 Å². The molecular formula is C11H20N4O. The molecule has 1 aromatic heterocycles. The van der Waals surface area contributed by atoms with Gasteiger partial charge in [-0.05, 0) is 25.3 Å². The average Bonchev–Trinajstić information content (AvgIpc) is 2.65. The van der Waals surface area contributed by atoms with Crippen molar-refractivity contribution in [3.8, 4) is 0 Å². The summed E-state index contributed by atoms with van der Waals surface area (Å²) >= 11 is 0. The van der Waals surface area contributed by atoms with E-state index < -0.39 is 0 Å². The first-order chi connectivity index (χ1) is 7.74. The molecule has 1 aromatic rings. The van der Waals surface area contributed by atoms with E-state index in [4.69, 9.17) is 4.74 Å². The van der Waals surface area contributed by atoms with E-state index in [0.717, 1.165) is 44.7 Å². The van der Waals surface area contributed by atoms with Gasteiger partial charge in [-0.15, -0.1) is 5.10 Å². The Labute approximate surface area is 96.2 Å². The fourth-order valence-corrected chi connectivity index (χ4v) is 2.46. The third-order valence-electron chi connectivity index (χ3n) is 3.31. The van der Waals surface area contributed by atoms with E-state index in [1.807, 2.05) is 20.3 Å². The maximum atomic E-state index is 5.44. The van der Waals surface area contributed by atoms with Crippen molar-refractivity contribution in [1.82, 2.24) is 20.3 Å². The molecule has 0 aromatic carbocycles. The number of aryl methyl sites for hydroxylation is 1. The van der Waals surface area contributed by atoms with Crippen LogP contribution in [0.25, 0.3) is 0 Å². The molecule has 1 fully saturated rings. The van der Waals surface area contributed by atoms with Crippen LogP contribution in [0, 0.1) is 5.41 Å². The maximum Gasteiger partial charge on any atom is 0.0833 e. The summed E-state index contributed by atoms with van der Waals surface area (Å²) < 4.78 is 7.21. The highest BCUT2D eigenvalue weighted by Crippen LogP contribution is 2.33. The molecule has 1 aliphatic rings. The number of nitrogens with zero attached hydrogens (tertiary/aromatic N) is 3. The van der Waals surface area contributed by atoms with E-state index in [0.29, 0.717) is 5.41 Å². The summed E-state index contributed by atoms with van der Waals surface area (Å²) in [5, 5.41) is 11.5. The first-order valence-electron chi connectivity index (χ1n) is 5.82. The second-order valence-corrected chi connectivity index (χ2v) is 4.70. The van der Waals surface area contributed by atoms with Gasteiger partial charge in [0.1, 0.15) is 0 Å². The molecule has 0 aliphatic carbocycles. The molecule has 0 radical (unpaired) electrons. The van der Waals surface area contributed by atoms with E-state index in [9.17, 15) is 0 Å². The molecule has 1 saturated heterocycles. The maximum absolute atomic E-state index is 5.44. The minimum absolute atomic E-state index is 0.295. The highest BCUT2D eigenvalue weighted by molar-refractivity contribution is 5.00. The molecule has 16 heavy (non-hydrogen) atoms. The van der Waals surface area contributed by atoms with Gasteiger partial charge in [0.05, 0.1) is 5.69 Å². The zero-order valence-electron chi connectivity index (χ0n) is 10.1. The Bertz CT molecular complexity index is 325. The van der Waals surface area contributed by atoms with Gasteiger partial charge in [-0.3, -0.25) is 4.68 Å². The zero-order valence-corrected chi connectivity index (χ0v) is 10.1. The summed E-state index contributed by atoms with van der Waals surface area (Å²) in [4.78, 5) is 0. The fourth-order valence-electron chi connectivity index (χ4n) is 2.46. The van der Waals surface area contributed by atoms with Crippen LogP contribution in [0.15, 0.2) is 6.20 Å². The van der Waals surface area contributed by atoms with Crippen LogP contribution < -0.4 is 5.32 Å². The van der Waals surface area contributed by atoms with E-state index in [1.165, 1.54) is 0 Å². The van der Waals surface area contributed by atoms with Crippen molar-refractivity contribution in [3.05, 3.63) is 11.9 Å². The summed E-state index contributed by atoms with van der Waals surface area (Å²) in [5.74, 6) is 0. The Hall–Kier alpha value is -0.940. The van der Waals surface area contributed by atoms with Crippen LogP contribution in [0.2, 0.25) is 0 Å². The summed E-state index contributed by atoms with van der Waals surface area (Å²) in [6.07, 6.45) is 5.20. The number of hydrogen-bond donors (Lipinski definition) is 1. The van der Waals surface area contributed by atoms with Crippen molar-refractivity contribution in [2.75, 3.05) is 26.8 Å². The highest BCUT2D eigenvalue weighted by atomic mass is 16.5. The van der Waals surface area contributed by atoms with E-state index >= 15 is 0 Å². The molecule has 1 N–H and O–H groups in total. The van der Waals surface area contributed by atoms with Gasteiger partial charge in [0.25, 0.3) is 0 Å². The molecule has 0 amide bonds. The Balaban J connectivity index is 2.06. The predicted octanol–water partition coefficient (Wildman–Crippen LogP) is 0.374. The van der Waals surface area contributed by atoms with Crippen molar-refractivity contribution >= 4 is 0 Å². The second-order valence-electron chi connectivity index (χ2n) is 4.70. The summed E-state index contributed by atoms with van der Waals surface area (Å²) in [5.41, 5.74) is 1.38.